The standard InChI is InChI=1S/C14H24N6/c1-10-12(15-2)16-14(11-4-5-11)17-13(10)18-20-8-6-19(3)7-9-20/h11H,4-9H2,1-3H3,(H2,15,16,17,18). The second-order valence-corrected chi connectivity index (χ2v) is 5.83. The minimum atomic E-state index is 0.565. The summed E-state index contributed by atoms with van der Waals surface area (Å²) in [5.41, 5.74) is 4.58. The topological polar surface area (TPSA) is 56.3 Å². The average molecular weight is 276 g/mol. The van der Waals surface area contributed by atoms with Crippen LogP contribution in [0.2, 0.25) is 0 Å². The number of hydrogen-bond donors (Lipinski definition) is 2. The summed E-state index contributed by atoms with van der Waals surface area (Å²) in [6.07, 6.45) is 2.44. The molecule has 1 aliphatic carbocycles. The number of nitrogens with zero attached hydrogens (tertiary/aromatic N) is 4. The van der Waals surface area contributed by atoms with Gasteiger partial charge >= 0.3 is 0 Å². The molecule has 0 amide bonds. The molecule has 1 saturated carbocycles. The molecular weight excluding hydrogens is 252 g/mol. The summed E-state index contributed by atoms with van der Waals surface area (Å²) in [5.74, 6) is 3.45. The van der Waals surface area contributed by atoms with Gasteiger partial charge in [0, 0.05) is 44.7 Å². The Hall–Kier alpha value is -1.40. The normalized spacial score (nSPS) is 20.9. The van der Waals surface area contributed by atoms with E-state index in [2.05, 4.69) is 39.6 Å². The maximum atomic E-state index is 4.74. The van der Waals surface area contributed by atoms with Gasteiger partial charge in [-0.05, 0) is 26.8 Å². The fraction of sp³-hybridized carbons (Fsp3) is 0.714. The summed E-state index contributed by atoms with van der Waals surface area (Å²) in [6.45, 7) is 6.29. The van der Waals surface area contributed by atoms with Gasteiger partial charge in [-0.1, -0.05) is 0 Å². The van der Waals surface area contributed by atoms with Crippen LogP contribution >= 0.6 is 0 Å². The molecule has 2 aliphatic rings. The van der Waals surface area contributed by atoms with Gasteiger partial charge in [-0.25, -0.2) is 15.0 Å². The fourth-order valence-electron chi connectivity index (χ4n) is 2.48. The Kier molecular flexibility index (Phi) is 3.76. The summed E-state index contributed by atoms with van der Waals surface area (Å²) < 4.78 is 0. The maximum Gasteiger partial charge on any atom is 0.149 e. The van der Waals surface area contributed by atoms with Crippen molar-refractivity contribution in [3.8, 4) is 0 Å². The van der Waals surface area contributed by atoms with Crippen molar-refractivity contribution in [2.24, 2.45) is 0 Å². The molecule has 0 spiro atoms. The Morgan fingerprint density at radius 1 is 1.05 bits per heavy atom. The van der Waals surface area contributed by atoms with Gasteiger partial charge in [-0.15, -0.1) is 0 Å². The van der Waals surface area contributed by atoms with Gasteiger partial charge in [-0.3, -0.25) is 0 Å². The van der Waals surface area contributed by atoms with Crippen molar-refractivity contribution in [2.45, 2.75) is 25.7 Å². The van der Waals surface area contributed by atoms with Crippen LogP contribution < -0.4 is 10.7 Å². The molecule has 1 aromatic heterocycles. The molecule has 0 aromatic carbocycles. The Morgan fingerprint density at radius 2 is 1.70 bits per heavy atom. The second kappa shape index (κ2) is 5.54. The third-order valence-corrected chi connectivity index (χ3v) is 4.11. The van der Waals surface area contributed by atoms with Crippen molar-refractivity contribution >= 4 is 11.6 Å². The van der Waals surface area contributed by atoms with Crippen LogP contribution in [0.25, 0.3) is 0 Å². The highest BCUT2D eigenvalue weighted by molar-refractivity contribution is 5.57. The average Bonchev–Trinajstić information content (AvgIpc) is 3.28. The highest BCUT2D eigenvalue weighted by atomic mass is 15.5. The number of rotatable bonds is 4. The Morgan fingerprint density at radius 3 is 2.30 bits per heavy atom. The first-order valence-corrected chi connectivity index (χ1v) is 7.44. The van der Waals surface area contributed by atoms with Gasteiger partial charge in [0.15, 0.2) is 0 Å². The summed E-state index contributed by atoms with van der Waals surface area (Å²) in [7, 11) is 4.09. The van der Waals surface area contributed by atoms with E-state index in [1.54, 1.807) is 0 Å². The molecule has 3 rings (SSSR count). The first-order chi connectivity index (χ1) is 9.67. The van der Waals surface area contributed by atoms with Crippen molar-refractivity contribution in [1.29, 1.82) is 0 Å². The number of anilines is 2. The third-order valence-electron chi connectivity index (χ3n) is 4.11. The van der Waals surface area contributed by atoms with Crippen molar-refractivity contribution in [2.75, 3.05) is 51.0 Å². The Bertz CT molecular complexity index is 477. The number of nitrogens with one attached hydrogen (secondary N) is 2. The van der Waals surface area contributed by atoms with Crippen molar-refractivity contribution in [3.63, 3.8) is 0 Å². The van der Waals surface area contributed by atoms with E-state index in [-0.39, 0.29) is 0 Å². The second-order valence-electron chi connectivity index (χ2n) is 5.83. The molecule has 2 heterocycles. The van der Waals surface area contributed by atoms with Gasteiger partial charge in [-0.2, -0.15) is 0 Å². The fourth-order valence-corrected chi connectivity index (χ4v) is 2.48. The van der Waals surface area contributed by atoms with Crippen LogP contribution in [0, 0.1) is 6.92 Å². The van der Waals surface area contributed by atoms with Crippen LogP contribution in [0.3, 0.4) is 0 Å². The lowest BCUT2D eigenvalue weighted by Crippen LogP contribution is -2.47. The molecule has 1 aliphatic heterocycles. The van der Waals surface area contributed by atoms with E-state index in [4.69, 9.17) is 4.98 Å². The summed E-state index contributed by atoms with van der Waals surface area (Å²) in [4.78, 5) is 11.7. The van der Waals surface area contributed by atoms with Crippen LogP contribution in [-0.2, 0) is 0 Å². The predicted octanol–water partition coefficient (Wildman–Crippen LogP) is 1.28. The van der Waals surface area contributed by atoms with E-state index in [0.717, 1.165) is 49.2 Å². The molecule has 2 N–H and O–H groups in total. The van der Waals surface area contributed by atoms with Gasteiger partial charge < -0.3 is 15.6 Å². The number of hydrazine groups is 1. The largest absolute Gasteiger partial charge is 0.373 e. The quantitative estimate of drug-likeness (QED) is 0.864. The Labute approximate surface area is 120 Å². The molecule has 0 atom stereocenters. The molecule has 6 nitrogen and oxygen atoms in total. The Balaban J connectivity index is 1.78. The molecule has 0 unspecified atom stereocenters. The highest BCUT2D eigenvalue weighted by Crippen LogP contribution is 2.39. The van der Waals surface area contributed by atoms with E-state index >= 15 is 0 Å². The van der Waals surface area contributed by atoms with E-state index in [0.29, 0.717) is 5.92 Å². The number of aromatic nitrogens is 2. The first-order valence-electron chi connectivity index (χ1n) is 7.44. The minimum absolute atomic E-state index is 0.565. The van der Waals surface area contributed by atoms with Gasteiger partial charge in [0.1, 0.15) is 17.5 Å². The summed E-state index contributed by atoms with van der Waals surface area (Å²) >= 11 is 0. The first kappa shape index (κ1) is 13.6. The van der Waals surface area contributed by atoms with Crippen molar-refractivity contribution in [1.82, 2.24) is 19.9 Å². The van der Waals surface area contributed by atoms with E-state index in [9.17, 15) is 0 Å². The lowest BCUT2D eigenvalue weighted by Gasteiger charge is -2.33. The number of hydrogen-bond acceptors (Lipinski definition) is 6. The smallest absolute Gasteiger partial charge is 0.149 e. The lowest BCUT2D eigenvalue weighted by molar-refractivity contribution is 0.178. The summed E-state index contributed by atoms with van der Waals surface area (Å²) in [6, 6.07) is 0. The molecule has 2 fully saturated rings. The minimum Gasteiger partial charge on any atom is -0.373 e. The van der Waals surface area contributed by atoms with Gasteiger partial charge in [0.25, 0.3) is 0 Å². The van der Waals surface area contributed by atoms with Crippen LogP contribution in [0.1, 0.15) is 30.1 Å². The molecule has 0 bridgehead atoms. The molecule has 110 valence electrons. The highest BCUT2D eigenvalue weighted by Gasteiger charge is 2.28. The zero-order chi connectivity index (χ0) is 14.1. The van der Waals surface area contributed by atoms with Crippen molar-refractivity contribution in [3.05, 3.63) is 11.4 Å². The monoisotopic (exact) mass is 276 g/mol. The van der Waals surface area contributed by atoms with E-state index in [1.165, 1.54) is 12.8 Å². The SMILES string of the molecule is CNc1nc(C2CC2)nc(NN2CCN(C)CC2)c1C. The molecular formula is C14H24N6. The van der Waals surface area contributed by atoms with Gasteiger partial charge in [0.2, 0.25) is 0 Å². The van der Waals surface area contributed by atoms with E-state index in [1.807, 2.05) is 7.05 Å². The molecule has 0 radical (unpaired) electrons. The molecule has 6 heteroatoms. The van der Waals surface area contributed by atoms with Crippen molar-refractivity contribution < 1.29 is 0 Å². The number of piperazine rings is 1. The van der Waals surface area contributed by atoms with E-state index < -0.39 is 0 Å². The van der Waals surface area contributed by atoms with Crippen LogP contribution in [0.5, 0.6) is 0 Å². The third kappa shape index (κ3) is 2.86. The zero-order valence-corrected chi connectivity index (χ0v) is 12.6. The zero-order valence-electron chi connectivity index (χ0n) is 12.6. The van der Waals surface area contributed by atoms with Crippen LogP contribution in [0.4, 0.5) is 11.6 Å². The predicted molar refractivity (Wildman–Crippen MR) is 81.0 cm³/mol. The molecule has 1 aromatic rings. The van der Waals surface area contributed by atoms with Gasteiger partial charge in [0.05, 0.1) is 0 Å². The summed E-state index contributed by atoms with van der Waals surface area (Å²) in [5, 5.41) is 5.44. The maximum absolute atomic E-state index is 4.74. The van der Waals surface area contributed by atoms with Crippen LogP contribution in [-0.4, -0.2) is 60.2 Å². The van der Waals surface area contributed by atoms with Crippen LogP contribution in [0.15, 0.2) is 0 Å². The molecule has 20 heavy (non-hydrogen) atoms. The number of likely N-dealkylation sites (N-methyl/N-ethyl adjacent to an activating group) is 1. The molecule has 1 saturated heterocycles. The lowest BCUT2D eigenvalue weighted by atomic mass is 10.3.